The maximum Gasteiger partial charge on any atom is 0.246 e. The van der Waals surface area contributed by atoms with E-state index in [4.69, 9.17) is 9.47 Å². The highest BCUT2D eigenvalue weighted by Crippen LogP contribution is 2.55. The SMILES string of the molecule is CC1C=C2C(=CC1)C1(COc3cc4c(cc31)CCO4)C(=O)N2Cc1ccc(N(C)CI)cc1. The van der Waals surface area contributed by atoms with Gasteiger partial charge in [-0.05, 0) is 47.2 Å². The van der Waals surface area contributed by atoms with Crippen molar-refractivity contribution in [3.63, 3.8) is 0 Å². The van der Waals surface area contributed by atoms with E-state index in [0.717, 1.165) is 51.3 Å². The number of amides is 1. The minimum atomic E-state index is -0.750. The zero-order valence-corrected chi connectivity index (χ0v) is 21.1. The van der Waals surface area contributed by atoms with Crippen LogP contribution >= 0.6 is 22.6 Å². The van der Waals surface area contributed by atoms with Gasteiger partial charge in [0.1, 0.15) is 23.5 Å². The van der Waals surface area contributed by atoms with Gasteiger partial charge in [0.05, 0.1) is 17.7 Å². The summed E-state index contributed by atoms with van der Waals surface area (Å²) in [4.78, 5) is 18.4. The van der Waals surface area contributed by atoms with Gasteiger partial charge < -0.3 is 19.3 Å². The van der Waals surface area contributed by atoms with Gasteiger partial charge in [-0.15, -0.1) is 0 Å². The number of fused-ring (bicyclic) bond motifs is 5. The lowest BCUT2D eigenvalue weighted by atomic mass is 9.74. The van der Waals surface area contributed by atoms with E-state index in [1.807, 2.05) is 11.0 Å². The van der Waals surface area contributed by atoms with Crippen LogP contribution in [0.5, 0.6) is 11.5 Å². The summed E-state index contributed by atoms with van der Waals surface area (Å²) in [5, 5.41) is 0. The summed E-state index contributed by atoms with van der Waals surface area (Å²) in [6, 6.07) is 12.7. The molecule has 1 saturated heterocycles. The summed E-state index contributed by atoms with van der Waals surface area (Å²) in [6.45, 7) is 3.83. The molecule has 33 heavy (non-hydrogen) atoms. The summed E-state index contributed by atoms with van der Waals surface area (Å²) in [5.74, 6) is 2.21. The van der Waals surface area contributed by atoms with Gasteiger partial charge in [-0.25, -0.2) is 0 Å². The number of anilines is 1. The van der Waals surface area contributed by atoms with Crippen LogP contribution in [0.25, 0.3) is 0 Å². The van der Waals surface area contributed by atoms with Crippen molar-refractivity contribution >= 4 is 34.2 Å². The molecule has 2 aromatic carbocycles. The van der Waals surface area contributed by atoms with Gasteiger partial charge in [-0.2, -0.15) is 0 Å². The molecule has 6 heteroatoms. The van der Waals surface area contributed by atoms with Crippen LogP contribution in [0.3, 0.4) is 0 Å². The number of halogens is 1. The molecule has 0 aromatic heterocycles. The van der Waals surface area contributed by atoms with E-state index in [-0.39, 0.29) is 5.91 Å². The Morgan fingerprint density at radius 1 is 1.18 bits per heavy atom. The lowest BCUT2D eigenvalue weighted by Crippen LogP contribution is -2.39. The summed E-state index contributed by atoms with van der Waals surface area (Å²) in [6.07, 6.45) is 6.38. The Labute approximate surface area is 208 Å². The predicted octanol–water partition coefficient (Wildman–Crippen LogP) is 4.97. The molecule has 2 aromatic rings. The molecule has 5 nitrogen and oxygen atoms in total. The Kier molecular flexibility index (Phi) is 4.98. The maximum absolute atomic E-state index is 14.2. The summed E-state index contributed by atoms with van der Waals surface area (Å²) >= 11 is 2.36. The maximum atomic E-state index is 14.2. The van der Waals surface area contributed by atoms with Gasteiger partial charge in [0, 0.05) is 36.5 Å². The molecule has 4 aliphatic rings. The average Bonchev–Trinajstić information content (AvgIpc) is 3.50. The highest BCUT2D eigenvalue weighted by Gasteiger charge is 2.59. The third-order valence-electron chi connectivity index (χ3n) is 7.37. The molecule has 2 atom stereocenters. The molecule has 1 aliphatic carbocycles. The van der Waals surface area contributed by atoms with Gasteiger partial charge >= 0.3 is 0 Å². The third kappa shape index (κ3) is 3.13. The van der Waals surface area contributed by atoms with Gasteiger partial charge in [-0.3, -0.25) is 4.79 Å². The normalized spacial score (nSPS) is 24.6. The van der Waals surface area contributed by atoms with E-state index in [9.17, 15) is 4.79 Å². The summed E-state index contributed by atoms with van der Waals surface area (Å²) < 4.78 is 12.8. The Balaban J connectivity index is 1.40. The number of likely N-dealkylation sites (tertiary alicyclic amines) is 1. The monoisotopic (exact) mass is 554 g/mol. The summed E-state index contributed by atoms with van der Waals surface area (Å²) in [5.41, 5.74) is 5.91. The second-order valence-electron chi connectivity index (χ2n) is 9.51. The lowest BCUT2D eigenvalue weighted by Gasteiger charge is -2.23. The molecule has 3 aliphatic heterocycles. The number of carbonyl (C=O) groups is 1. The second kappa shape index (κ2) is 7.79. The Morgan fingerprint density at radius 3 is 2.79 bits per heavy atom. The standard InChI is InChI=1S/C27H27IN2O3/c1-17-3-8-21-23(11-17)30(14-18-4-6-20(7-5-18)29(2)16-28)26(31)27(21)15-33-25-13-24-19(9-10-32-24)12-22(25)27/h4-8,11-13,17H,3,9-10,14-16H2,1-2H3. The van der Waals surface area contributed by atoms with Crippen LogP contribution in [0, 0.1) is 5.92 Å². The van der Waals surface area contributed by atoms with Crippen LogP contribution in [0.4, 0.5) is 5.69 Å². The van der Waals surface area contributed by atoms with E-state index >= 15 is 0 Å². The number of alkyl halides is 1. The molecule has 1 amide bonds. The Hall–Kier alpha value is -2.48. The molecule has 1 fully saturated rings. The van der Waals surface area contributed by atoms with E-state index in [2.05, 4.69) is 83.9 Å². The zero-order valence-electron chi connectivity index (χ0n) is 18.9. The molecule has 170 valence electrons. The number of allylic oxidation sites excluding steroid dienone is 3. The van der Waals surface area contributed by atoms with Crippen molar-refractivity contribution in [1.82, 2.24) is 4.90 Å². The first kappa shape index (κ1) is 21.1. The number of nitrogens with zero attached hydrogens (tertiary/aromatic N) is 2. The first-order valence-corrected chi connectivity index (χ1v) is 13.1. The van der Waals surface area contributed by atoms with Gasteiger partial charge in [0.2, 0.25) is 5.91 Å². The number of carbonyl (C=O) groups excluding carboxylic acids is 1. The van der Waals surface area contributed by atoms with Gasteiger partial charge in [-0.1, -0.05) is 53.8 Å². The van der Waals surface area contributed by atoms with Crippen LogP contribution < -0.4 is 14.4 Å². The van der Waals surface area contributed by atoms with Crippen LogP contribution in [0.2, 0.25) is 0 Å². The smallest absolute Gasteiger partial charge is 0.246 e. The molecular weight excluding hydrogens is 527 g/mol. The van der Waals surface area contributed by atoms with Gasteiger partial charge in [0.25, 0.3) is 0 Å². The highest BCUT2D eigenvalue weighted by molar-refractivity contribution is 14.1. The van der Waals surface area contributed by atoms with E-state index in [1.54, 1.807) is 0 Å². The fourth-order valence-electron chi connectivity index (χ4n) is 5.51. The van der Waals surface area contributed by atoms with Crippen molar-refractivity contribution in [1.29, 1.82) is 0 Å². The number of hydrogen-bond acceptors (Lipinski definition) is 4. The topological polar surface area (TPSA) is 42.0 Å². The Bertz CT molecular complexity index is 1200. The molecule has 3 heterocycles. The van der Waals surface area contributed by atoms with E-state index in [1.165, 1.54) is 11.3 Å². The third-order valence-corrected chi connectivity index (χ3v) is 8.39. The van der Waals surface area contributed by atoms with Crippen molar-refractivity contribution in [3.05, 3.63) is 76.5 Å². The molecule has 0 bridgehead atoms. The first-order valence-electron chi connectivity index (χ1n) is 11.5. The number of hydrogen-bond donors (Lipinski definition) is 0. The second-order valence-corrected chi connectivity index (χ2v) is 10.2. The fraction of sp³-hybridized carbons (Fsp3) is 0.370. The van der Waals surface area contributed by atoms with Crippen LogP contribution in [-0.4, -0.2) is 35.6 Å². The molecule has 0 saturated carbocycles. The minimum Gasteiger partial charge on any atom is -0.493 e. The van der Waals surface area contributed by atoms with Gasteiger partial charge in [0.15, 0.2) is 0 Å². The summed E-state index contributed by atoms with van der Waals surface area (Å²) in [7, 11) is 2.08. The van der Waals surface area contributed by atoms with Crippen molar-refractivity contribution in [2.24, 2.45) is 5.92 Å². The van der Waals surface area contributed by atoms with Crippen molar-refractivity contribution < 1.29 is 14.3 Å². The predicted molar refractivity (Wildman–Crippen MR) is 137 cm³/mol. The highest BCUT2D eigenvalue weighted by atomic mass is 127. The molecule has 2 unspecified atom stereocenters. The zero-order chi connectivity index (χ0) is 22.7. The van der Waals surface area contributed by atoms with E-state index in [0.29, 0.717) is 25.7 Å². The van der Waals surface area contributed by atoms with Crippen molar-refractivity contribution in [3.8, 4) is 11.5 Å². The lowest BCUT2D eigenvalue weighted by molar-refractivity contribution is -0.132. The van der Waals surface area contributed by atoms with Crippen LogP contribution in [0.1, 0.15) is 30.0 Å². The fourth-order valence-corrected chi connectivity index (χ4v) is 5.90. The van der Waals surface area contributed by atoms with E-state index < -0.39 is 5.41 Å². The van der Waals surface area contributed by atoms with Crippen molar-refractivity contribution in [2.45, 2.75) is 31.7 Å². The molecule has 1 spiro atoms. The Morgan fingerprint density at radius 2 is 2.00 bits per heavy atom. The number of rotatable bonds is 4. The number of ether oxygens (including phenoxy) is 2. The van der Waals surface area contributed by atoms with Crippen LogP contribution in [0.15, 0.2) is 59.8 Å². The minimum absolute atomic E-state index is 0.125. The molecule has 0 radical (unpaired) electrons. The molecular formula is C27H27IN2O3. The molecule has 6 rings (SSSR count). The quantitative estimate of drug-likeness (QED) is 0.304. The molecule has 0 N–H and O–H groups in total. The largest absolute Gasteiger partial charge is 0.493 e. The first-order chi connectivity index (χ1) is 16.0. The number of benzene rings is 2. The average molecular weight is 554 g/mol. The van der Waals surface area contributed by atoms with Crippen LogP contribution in [-0.2, 0) is 23.2 Å². The van der Waals surface area contributed by atoms with Crippen molar-refractivity contribution in [2.75, 3.05) is 29.7 Å².